The van der Waals surface area contributed by atoms with Crippen LogP contribution in [0.15, 0.2) is 54.1 Å². The number of rotatable bonds is 5. The van der Waals surface area contributed by atoms with Crippen LogP contribution >= 0.6 is 23.4 Å². The molecule has 112 valence electrons. The number of methoxy groups -OCH3 is 1. The molecule has 0 saturated carbocycles. The molecule has 7 heteroatoms. The van der Waals surface area contributed by atoms with Crippen LogP contribution in [0.1, 0.15) is 5.69 Å². The van der Waals surface area contributed by atoms with Crippen LogP contribution in [0.4, 0.5) is 0 Å². The second kappa shape index (κ2) is 6.81. The van der Waals surface area contributed by atoms with Gasteiger partial charge >= 0.3 is 0 Å². The van der Waals surface area contributed by atoms with Crippen molar-refractivity contribution in [3.8, 4) is 11.4 Å². The van der Waals surface area contributed by atoms with E-state index in [0.717, 1.165) is 22.3 Å². The third-order valence-corrected chi connectivity index (χ3v) is 4.19. The van der Waals surface area contributed by atoms with Crippen LogP contribution in [-0.2, 0) is 5.75 Å². The van der Waals surface area contributed by atoms with Crippen molar-refractivity contribution in [3.63, 3.8) is 0 Å². The van der Waals surface area contributed by atoms with E-state index in [4.69, 9.17) is 16.3 Å². The van der Waals surface area contributed by atoms with Crippen molar-refractivity contribution in [1.29, 1.82) is 0 Å². The number of pyridine rings is 1. The molecule has 5 nitrogen and oxygen atoms in total. The number of thioether (sulfide) groups is 1. The zero-order valence-corrected chi connectivity index (χ0v) is 13.4. The van der Waals surface area contributed by atoms with Gasteiger partial charge in [-0.2, -0.15) is 0 Å². The SMILES string of the molecule is COc1cccc(-n2cnnc2SCc2ccc(Cl)cn2)c1. The lowest BCUT2D eigenvalue weighted by Crippen LogP contribution is -1.96. The summed E-state index contributed by atoms with van der Waals surface area (Å²) in [5, 5.41) is 9.58. The van der Waals surface area contributed by atoms with Crippen LogP contribution < -0.4 is 4.74 Å². The predicted octanol–water partition coefficient (Wildman–Crippen LogP) is 3.62. The van der Waals surface area contributed by atoms with Gasteiger partial charge < -0.3 is 4.74 Å². The van der Waals surface area contributed by atoms with Gasteiger partial charge in [0.2, 0.25) is 0 Å². The van der Waals surface area contributed by atoms with E-state index in [1.165, 1.54) is 0 Å². The fourth-order valence-corrected chi connectivity index (χ4v) is 2.85. The Balaban J connectivity index is 1.78. The van der Waals surface area contributed by atoms with Gasteiger partial charge in [-0.1, -0.05) is 29.4 Å². The van der Waals surface area contributed by atoms with Crippen molar-refractivity contribution in [1.82, 2.24) is 19.7 Å². The smallest absolute Gasteiger partial charge is 0.195 e. The van der Waals surface area contributed by atoms with E-state index >= 15 is 0 Å². The number of hydrogen-bond acceptors (Lipinski definition) is 5. The van der Waals surface area contributed by atoms with Crippen LogP contribution in [0.3, 0.4) is 0 Å². The molecule has 0 spiro atoms. The highest BCUT2D eigenvalue weighted by molar-refractivity contribution is 7.98. The molecule has 0 amide bonds. The third-order valence-electron chi connectivity index (χ3n) is 2.99. The Morgan fingerprint density at radius 3 is 2.95 bits per heavy atom. The first-order valence-corrected chi connectivity index (χ1v) is 7.90. The van der Waals surface area contributed by atoms with Crippen molar-refractivity contribution in [2.24, 2.45) is 0 Å². The average molecular weight is 333 g/mol. The van der Waals surface area contributed by atoms with Crippen LogP contribution in [0.2, 0.25) is 5.02 Å². The van der Waals surface area contributed by atoms with E-state index in [9.17, 15) is 0 Å². The Morgan fingerprint density at radius 1 is 1.27 bits per heavy atom. The third kappa shape index (κ3) is 3.40. The summed E-state index contributed by atoms with van der Waals surface area (Å²) in [6.07, 6.45) is 3.33. The number of benzene rings is 1. The quantitative estimate of drug-likeness (QED) is 0.668. The zero-order valence-electron chi connectivity index (χ0n) is 11.8. The largest absolute Gasteiger partial charge is 0.497 e. The molecule has 0 N–H and O–H groups in total. The van der Waals surface area contributed by atoms with Gasteiger partial charge in [-0.15, -0.1) is 10.2 Å². The molecule has 0 unspecified atom stereocenters. The summed E-state index contributed by atoms with van der Waals surface area (Å²) in [6, 6.07) is 11.5. The van der Waals surface area contributed by atoms with E-state index in [0.29, 0.717) is 10.8 Å². The minimum atomic E-state index is 0.633. The average Bonchev–Trinajstić information content (AvgIpc) is 3.03. The van der Waals surface area contributed by atoms with Gasteiger partial charge in [0.1, 0.15) is 12.1 Å². The summed E-state index contributed by atoms with van der Waals surface area (Å²) in [5.74, 6) is 1.49. The molecule has 0 saturated heterocycles. The molecule has 0 aliphatic heterocycles. The molecular formula is C15H13ClN4OS. The summed E-state index contributed by atoms with van der Waals surface area (Å²) < 4.78 is 7.17. The Kier molecular flexibility index (Phi) is 4.60. The van der Waals surface area contributed by atoms with Gasteiger partial charge in [0.05, 0.1) is 23.5 Å². The normalized spacial score (nSPS) is 10.6. The maximum atomic E-state index is 5.84. The fourth-order valence-electron chi connectivity index (χ4n) is 1.89. The number of hydrogen-bond donors (Lipinski definition) is 0. The van der Waals surface area contributed by atoms with E-state index in [-0.39, 0.29) is 0 Å². The zero-order chi connectivity index (χ0) is 15.4. The minimum absolute atomic E-state index is 0.633. The second-order valence-electron chi connectivity index (χ2n) is 4.44. The monoisotopic (exact) mass is 332 g/mol. The van der Waals surface area contributed by atoms with E-state index in [1.807, 2.05) is 41.0 Å². The lowest BCUT2D eigenvalue weighted by molar-refractivity contribution is 0.414. The summed E-state index contributed by atoms with van der Waals surface area (Å²) in [6.45, 7) is 0. The summed E-state index contributed by atoms with van der Waals surface area (Å²) in [7, 11) is 1.65. The molecule has 0 aliphatic carbocycles. The van der Waals surface area contributed by atoms with Gasteiger partial charge in [0.15, 0.2) is 5.16 Å². The highest BCUT2D eigenvalue weighted by Crippen LogP contribution is 2.24. The number of aromatic nitrogens is 4. The molecular weight excluding hydrogens is 320 g/mol. The van der Waals surface area contributed by atoms with Crippen molar-refractivity contribution in [2.45, 2.75) is 10.9 Å². The number of nitrogens with zero attached hydrogens (tertiary/aromatic N) is 4. The van der Waals surface area contributed by atoms with Gasteiger partial charge in [-0.3, -0.25) is 9.55 Å². The molecule has 2 aromatic heterocycles. The van der Waals surface area contributed by atoms with E-state index in [1.54, 1.807) is 31.4 Å². The molecule has 0 aliphatic rings. The maximum absolute atomic E-state index is 5.84. The fraction of sp³-hybridized carbons (Fsp3) is 0.133. The van der Waals surface area contributed by atoms with Gasteiger partial charge in [-0.25, -0.2) is 0 Å². The molecule has 2 heterocycles. The van der Waals surface area contributed by atoms with E-state index < -0.39 is 0 Å². The van der Waals surface area contributed by atoms with Gasteiger partial charge in [0, 0.05) is 18.0 Å². The maximum Gasteiger partial charge on any atom is 0.195 e. The van der Waals surface area contributed by atoms with Crippen LogP contribution in [0.5, 0.6) is 5.75 Å². The molecule has 0 fully saturated rings. The van der Waals surface area contributed by atoms with Crippen molar-refractivity contribution >= 4 is 23.4 Å². The number of ether oxygens (including phenoxy) is 1. The summed E-state index contributed by atoms with van der Waals surface area (Å²) >= 11 is 7.40. The van der Waals surface area contributed by atoms with Crippen LogP contribution in [0, 0.1) is 0 Å². The summed E-state index contributed by atoms with van der Waals surface area (Å²) in [5.41, 5.74) is 1.89. The molecule has 0 bridgehead atoms. The topological polar surface area (TPSA) is 52.8 Å². The molecule has 0 atom stereocenters. The first-order chi connectivity index (χ1) is 10.8. The number of halogens is 1. The molecule has 22 heavy (non-hydrogen) atoms. The summed E-state index contributed by atoms with van der Waals surface area (Å²) in [4.78, 5) is 4.28. The molecule has 3 rings (SSSR count). The Labute approximate surface area is 137 Å². The van der Waals surface area contributed by atoms with Crippen molar-refractivity contribution in [2.75, 3.05) is 7.11 Å². The lowest BCUT2D eigenvalue weighted by Gasteiger charge is -2.07. The predicted molar refractivity (Wildman–Crippen MR) is 86.7 cm³/mol. The van der Waals surface area contributed by atoms with E-state index in [2.05, 4.69) is 15.2 Å². The van der Waals surface area contributed by atoms with Gasteiger partial charge in [0.25, 0.3) is 0 Å². The second-order valence-corrected chi connectivity index (χ2v) is 5.82. The van der Waals surface area contributed by atoms with Crippen LogP contribution in [-0.4, -0.2) is 26.9 Å². The Hall–Kier alpha value is -2.05. The highest BCUT2D eigenvalue weighted by atomic mass is 35.5. The van der Waals surface area contributed by atoms with Crippen LogP contribution in [0.25, 0.3) is 5.69 Å². The molecule has 3 aromatic rings. The van der Waals surface area contributed by atoms with Crippen molar-refractivity contribution in [3.05, 3.63) is 59.6 Å². The first-order valence-electron chi connectivity index (χ1n) is 6.54. The minimum Gasteiger partial charge on any atom is -0.497 e. The van der Waals surface area contributed by atoms with Crippen molar-refractivity contribution < 1.29 is 4.74 Å². The molecule has 1 aromatic carbocycles. The Bertz CT molecular complexity index is 760. The molecule has 0 radical (unpaired) electrons. The lowest BCUT2D eigenvalue weighted by atomic mass is 10.3. The standard InChI is InChI=1S/C15H13ClN4OS/c1-21-14-4-2-3-13(7-14)20-10-18-19-15(20)22-9-12-6-5-11(16)8-17-12/h2-8,10H,9H2,1H3. The first kappa shape index (κ1) is 14.9. The highest BCUT2D eigenvalue weighted by Gasteiger charge is 2.08. The van der Waals surface area contributed by atoms with Gasteiger partial charge in [-0.05, 0) is 24.3 Å². The Morgan fingerprint density at radius 2 is 2.18 bits per heavy atom.